The summed E-state index contributed by atoms with van der Waals surface area (Å²) in [7, 11) is 0. The van der Waals surface area contributed by atoms with Crippen molar-refractivity contribution in [3.8, 4) is 0 Å². The lowest BCUT2D eigenvalue weighted by atomic mass is 10.2. The van der Waals surface area contributed by atoms with Crippen LogP contribution in [0.5, 0.6) is 0 Å². The van der Waals surface area contributed by atoms with E-state index in [0.717, 1.165) is 18.9 Å². The average molecular weight is 198 g/mol. The molecule has 1 aliphatic rings. The number of aryl methyl sites for hydroxylation is 1. The van der Waals surface area contributed by atoms with Crippen LogP contribution in [0.15, 0.2) is 5.51 Å². The predicted octanol–water partition coefficient (Wildman–Crippen LogP) is 1.50. The number of rotatable bonds is 3. The van der Waals surface area contributed by atoms with Gasteiger partial charge in [-0.2, -0.15) is 0 Å². The van der Waals surface area contributed by atoms with E-state index < -0.39 is 0 Å². The van der Waals surface area contributed by atoms with Crippen molar-refractivity contribution in [2.45, 2.75) is 25.9 Å². The standard InChI is InChI=1S/C9H14N2OS/c1-6-9(13-5-10-6)7(2)11-8-3-12-4-8/h5,7-8,11H,3-4H2,1-2H3. The molecule has 4 heteroatoms. The van der Waals surface area contributed by atoms with Crippen molar-refractivity contribution in [2.24, 2.45) is 0 Å². The number of hydrogen-bond donors (Lipinski definition) is 1. The zero-order valence-corrected chi connectivity index (χ0v) is 8.73. The van der Waals surface area contributed by atoms with Crippen LogP contribution in [-0.4, -0.2) is 24.2 Å². The summed E-state index contributed by atoms with van der Waals surface area (Å²) in [6.07, 6.45) is 0. The maximum atomic E-state index is 5.11. The van der Waals surface area contributed by atoms with Crippen LogP contribution in [0.4, 0.5) is 0 Å². The van der Waals surface area contributed by atoms with E-state index in [2.05, 4.69) is 24.1 Å². The molecule has 2 rings (SSSR count). The van der Waals surface area contributed by atoms with Crippen LogP contribution in [0.25, 0.3) is 0 Å². The zero-order valence-electron chi connectivity index (χ0n) is 7.91. The molecule has 1 aromatic rings. The molecule has 3 nitrogen and oxygen atoms in total. The van der Waals surface area contributed by atoms with E-state index in [4.69, 9.17) is 4.74 Å². The molecule has 1 unspecified atom stereocenters. The Kier molecular flexibility index (Phi) is 2.62. The molecule has 0 aliphatic carbocycles. The number of aromatic nitrogens is 1. The highest BCUT2D eigenvalue weighted by molar-refractivity contribution is 7.09. The summed E-state index contributed by atoms with van der Waals surface area (Å²) < 4.78 is 5.11. The summed E-state index contributed by atoms with van der Waals surface area (Å²) in [4.78, 5) is 5.58. The highest BCUT2D eigenvalue weighted by Crippen LogP contribution is 2.22. The first-order valence-corrected chi connectivity index (χ1v) is 5.39. The van der Waals surface area contributed by atoms with Crippen LogP contribution in [0.2, 0.25) is 0 Å². The summed E-state index contributed by atoms with van der Waals surface area (Å²) in [6.45, 7) is 5.94. The first kappa shape index (κ1) is 9.12. The second-order valence-corrected chi connectivity index (χ2v) is 4.31. The van der Waals surface area contributed by atoms with Gasteiger partial charge in [0.2, 0.25) is 0 Å². The molecule has 2 heterocycles. The van der Waals surface area contributed by atoms with Gasteiger partial charge in [0.25, 0.3) is 0 Å². The predicted molar refractivity (Wildman–Crippen MR) is 53.0 cm³/mol. The van der Waals surface area contributed by atoms with Gasteiger partial charge in [-0.15, -0.1) is 11.3 Å². The third-order valence-electron chi connectivity index (χ3n) is 2.30. The molecule has 1 N–H and O–H groups in total. The molecule has 1 atom stereocenters. The van der Waals surface area contributed by atoms with E-state index in [1.807, 2.05) is 5.51 Å². The molecule has 72 valence electrons. The molecule has 0 spiro atoms. The van der Waals surface area contributed by atoms with Crippen LogP contribution in [-0.2, 0) is 4.74 Å². The lowest BCUT2D eigenvalue weighted by molar-refractivity contribution is -0.00913. The normalized spacial score (nSPS) is 19.8. The van der Waals surface area contributed by atoms with Crippen LogP contribution in [0.3, 0.4) is 0 Å². The second kappa shape index (κ2) is 3.74. The Morgan fingerprint density at radius 2 is 2.46 bits per heavy atom. The maximum Gasteiger partial charge on any atom is 0.0798 e. The number of nitrogens with zero attached hydrogens (tertiary/aromatic N) is 1. The molecule has 0 amide bonds. The highest BCUT2D eigenvalue weighted by atomic mass is 32.1. The molecule has 1 fully saturated rings. The maximum absolute atomic E-state index is 5.11. The summed E-state index contributed by atoms with van der Waals surface area (Å²) in [6, 6.07) is 0.942. The van der Waals surface area contributed by atoms with E-state index in [0.29, 0.717) is 12.1 Å². The van der Waals surface area contributed by atoms with Gasteiger partial charge in [-0.25, -0.2) is 4.98 Å². The molecule has 0 saturated carbocycles. The van der Waals surface area contributed by atoms with E-state index in [-0.39, 0.29) is 0 Å². The molecule has 1 saturated heterocycles. The van der Waals surface area contributed by atoms with E-state index in [1.165, 1.54) is 4.88 Å². The Bertz CT molecular complexity index is 283. The third kappa shape index (κ3) is 1.90. The molecular formula is C9H14N2OS. The van der Waals surface area contributed by atoms with Gasteiger partial charge in [0.15, 0.2) is 0 Å². The van der Waals surface area contributed by atoms with Crippen LogP contribution in [0.1, 0.15) is 23.5 Å². The highest BCUT2D eigenvalue weighted by Gasteiger charge is 2.21. The van der Waals surface area contributed by atoms with Crippen molar-refractivity contribution in [1.82, 2.24) is 10.3 Å². The number of thiazole rings is 1. The van der Waals surface area contributed by atoms with Crippen LogP contribution in [0, 0.1) is 6.92 Å². The molecular weight excluding hydrogens is 184 g/mol. The number of hydrogen-bond acceptors (Lipinski definition) is 4. The summed E-state index contributed by atoms with van der Waals surface area (Å²) in [5.74, 6) is 0. The Morgan fingerprint density at radius 3 is 2.92 bits per heavy atom. The molecule has 0 bridgehead atoms. The minimum atomic E-state index is 0.404. The Balaban J connectivity index is 1.96. The van der Waals surface area contributed by atoms with E-state index >= 15 is 0 Å². The van der Waals surface area contributed by atoms with Gasteiger partial charge in [-0.3, -0.25) is 0 Å². The largest absolute Gasteiger partial charge is 0.378 e. The monoisotopic (exact) mass is 198 g/mol. The first-order chi connectivity index (χ1) is 6.27. The quantitative estimate of drug-likeness (QED) is 0.799. The van der Waals surface area contributed by atoms with Crippen molar-refractivity contribution in [3.05, 3.63) is 16.1 Å². The van der Waals surface area contributed by atoms with Crippen LogP contribution >= 0.6 is 11.3 Å². The number of ether oxygens (including phenoxy) is 1. The molecule has 13 heavy (non-hydrogen) atoms. The Morgan fingerprint density at radius 1 is 1.69 bits per heavy atom. The zero-order chi connectivity index (χ0) is 9.26. The molecule has 1 aliphatic heterocycles. The molecule has 0 aromatic carbocycles. The van der Waals surface area contributed by atoms with Gasteiger partial charge in [-0.05, 0) is 13.8 Å². The average Bonchev–Trinajstić information content (AvgIpc) is 2.43. The smallest absolute Gasteiger partial charge is 0.0798 e. The molecule has 1 aromatic heterocycles. The SMILES string of the molecule is Cc1ncsc1C(C)NC1COC1. The Hall–Kier alpha value is -0.450. The second-order valence-electron chi connectivity index (χ2n) is 3.42. The summed E-state index contributed by atoms with van der Waals surface area (Å²) in [5.41, 5.74) is 3.05. The Labute approximate surface area is 82.1 Å². The van der Waals surface area contributed by atoms with Gasteiger partial charge in [-0.1, -0.05) is 0 Å². The van der Waals surface area contributed by atoms with Gasteiger partial charge in [0, 0.05) is 10.9 Å². The van der Waals surface area contributed by atoms with Crippen molar-refractivity contribution in [2.75, 3.05) is 13.2 Å². The van der Waals surface area contributed by atoms with Crippen molar-refractivity contribution in [1.29, 1.82) is 0 Å². The van der Waals surface area contributed by atoms with Gasteiger partial charge in [0.1, 0.15) is 0 Å². The minimum absolute atomic E-state index is 0.404. The topological polar surface area (TPSA) is 34.2 Å². The van der Waals surface area contributed by atoms with E-state index in [9.17, 15) is 0 Å². The summed E-state index contributed by atoms with van der Waals surface area (Å²) in [5, 5.41) is 3.50. The van der Waals surface area contributed by atoms with Crippen LogP contribution < -0.4 is 5.32 Å². The van der Waals surface area contributed by atoms with Gasteiger partial charge >= 0.3 is 0 Å². The molecule has 0 radical (unpaired) electrons. The van der Waals surface area contributed by atoms with Gasteiger partial charge < -0.3 is 10.1 Å². The lowest BCUT2D eigenvalue weighted by Crippen LogP contribution is -2.46. The summed E-state index contributed by atoms with van der Waals surface area (Å²) >= 11 is 1.72. The van der Waals surface area contributed by atoms with Gasteiger partial charge in [0.05, 0.1) is 30.5 Å². The van der Waals surface area contributed by atoms with E-state index in [1.54, 1.807) is 11.3 Å². The lowest BCUT2D eigenvalue weighted by Gasteiger charge is -2.29. The fourth-order valence-electron chi connectivity index (χ4n) is 1.49. The number of nitrogens with one attached hydrogen (secondary N) is 1. The third-order valence-corrected chi connectivity index (χ3v) is 3.41. The fraction of sp³-hybridized carbons (Fsp3) is 0.667. The first-order valence-electron chi connectivity index (χ1n) is 4.51. The van der Waals surface area contributed by atoms with Crippen molar-refractivity contribution < 1.29 is 4.74 Å². The minimum Gasteiger partial charge on any atom is -0.378 e. The van der Waals surface area contributed by atoms with Crippen molar-refractivity contribution in [3.63, 3.8) is 0 Å². The van der Waals surface area contributed by atoms with Crippen molar-refractivity contribution >= 4 is 11.3 Å². The fourth-order valence-corrected chi connectivity index (χ4v) is 2.31.